The molecule has 0 saturated carbocycles. The SMILES string of the molecule is COC(=O)[C@@H](NS(=O)(=O)c1ccc(NC(=O)c2ccc(Cl)cc2Cl)cc1)C(C)C. The average Bonchev–Trinajstić information content (AvgIpc) is 2.65. The number of ether oxygens (including phenoxy) is 1. The van der Waals surface area contributed by atoms with Crippen LogP contribution in [0.25, 0.3) is 0 Å². The highest BCUT2D eigenvalue weighted by Gasteiger charge is 2.29. The Bertz CT molecular complexity index is 1010. The zero-order valence-corrected chi connectivity index (χ0v) is 18.2. The monoisotopic (exact) mass is 458 g/mol. The molecule has 29 heavy (non-hydrogen) atoms. The summed E-state index contributed by atoms with van der Waals surface area (Å²) in [7, 11) is -2.78. The molecule has 2 aromatic rings. The lowest BCUT2D eigenvalue weighted by Crippen LogP contribution is -2.44. The number of rotatable bonds is 7. The maximum atomic E-state index is 12.6. The maximum absolute atomic E-state index is 12.6. The first-order valence-electron chi connectivity index (χ1n) is 8.51. The van der Waals surface area contributed by atoms with Crippen molar-refractivity contribution in [2.45, 2.75) is 24.8 Å². The minimum absolute atomic E-state index is 0.0606. The van der Waals surface area contributed by atoms with Crippen LogP contribution in [0.5, 0.6) is 0 Å². The number of halogens is 2. The van der Waals surface area contributed by atoms with Crippen molar-refractivity contribution in [2.24, 2.45) is 5.92 Å². The second kappa shape index (κ2) is 9.58. The fraction of sp³-hybridized carbons (Fsp3) is 0.263. The number of amides is 1. The molecule has 0 aromatic heterocycles. The number of nitrogens with one attached hydrogen (secondary N) is 2. The fourth-order valence-corrected chi connectivity index (χ4v) is 4.24. The number of hydrogen-bond donors (Lipinski definition) is 2. The molecule has 2 aromatic carbocycles. The maximum Gasteiger partial charge on any atom is 0.324 e. The van der Waals surface area contributed by atoms with Gasteiger partial charge in [-0.25, -0.2) is 8.42 Å². The summed E-state index contributed by atoms with van der Waals surface area (Å²) in [6.45, 7) is 3.40. The van der Waals surface area contributed by atoms with E-state index in [0.717, 1.165) is 0 Å². The van der Waals surface area contributed by atoms with Crippen LogP contribution < -0.4 is 10.0 Å². The molecule has 1 atom stereocenters. The van der Waals surface area contributed by atoms with Gasteiger partial charge >= 0.3 is 5.97 Å². The van der Waals surface area contributed by atoms with E-state index in [1.807, 2.05) is 0 Å². The van der Waals surface area contributed by atoms with Crippen molar-refractivity contribution in [1.82, 2.24) is 4.72 Å². The lowest BCUT2D eigenvalue weighted by atomic mass is 10.1. The average molecular weight is 459 g/mol. The molecule has 0 spiro atoms. The zero-order valence-electron chi connectivity index (χ0n) is 15.9. The number of methoxy groups -OCH3 is 1. The van der Waals surface area contributed by atoms with Gasteiger partial charge in [0.2, 0.25) is 10.0 Å². The molecule has 2 rings (SSSR count). The second-order valence-corrected chi connectivity index (χ2v) is 9.03. The van der Waals surface area contributed by atoms with Crippen LogP contribution in [0.2, 0.25) is 10.0 Å². The summed E-state index contributed by atoms with van der Waals surface area (Å²) in [6.07, 6.45) is 0. The summed E-state index contributed by atoms with van der Waals surface area (Å²) < 4.78 is 32.1. The molecule has 0 radical (unpaired) electrons. The molecule has 156 valence electrons. The predicted molar refractivity (Wildman–Crippen MR) is 112 cm³/mol. The van der Waals surface area contributed by atoms with Gasteiger partial charge in [0.25, 0.3) is 5.91 Å². The van der Waals surface area contributed by atoms with Crippen LogP contribution in [0.4, 0.5) is 5.69 Å². The van der Waals surface area contributed by atoms with Crippen LogP contribution >= 0.6 is 23.2 Å². The van der Waals surface area contributed by atoms with Gasteiger partial charge in [-0.15, -0.1) is 0 Å². The van der Waals surface area contributed by atoms with E-state index in [1.54, 1.807) is 13.8 Å². The van der Waals surface area contributed by atoms with Gasteiger partial charge in [0.1, 0.15) is 6.04 Å². The van der Waals surface area contributed by atoms with Gasteiger partial charge < -0.3 is 10.1 Å². The molecular weight excluding hydrogens is 439 g/mol. The predicted octanol–water partition coefficient (Wildman–Crippen LogP) is 3.72. The van der Waals surface area contributed by atoms with Crippen LogP contribution in [0, 0.1) is 5.92 Å². The van der Waals surface area contributed by atoms with Crippen molar-refractivity contribution in [3.63, 3.8) is 0 Å². The minimum atomic E-state index is -3.97. The van der Waals surface area contributed by atoms with Crippen LogP contribution in [0.3, 0.4) is 0 Å². The number of anilines is 1. The summed E-state index contributed by atoms with van der Waals surface area (Å²) in [6, 6.07) is 8.95. The van der Waals surface area contributed by atoms with Crippen LogP contribution in [0.15, 0.2) is 47.4 Å². The standard InChI is InChI=1S/C19H20Cl2N2O5S/c1-11(2)17(19(25)28-3)23-29(26,27)14-7-5-13(6-8-14)22-18(24)15-9-4-12(20)10-16(15)21/h4-11,17,23H,1-3H3,(H,22,24)/t17-/m0/s1. The van der Waals surface area contributed by atoms with Gasteiger partial charge in [-0.05, 0) is 48.4 Å². The summed E-state index contributed by atoms with van der Waals surface area (Å²) >= 11 is 11.8. The molecule has 0 heterocycles. The number of carbonyl (C=O) groups excluding carboxylic acids is 2. The van der Waals surface area contributed by atoms with E-state index in [1.165, 1.54) is 49.6 Å². The summed E-state index contributed by atoms with van der Waals surface area (Å²) in [4.78, 5) is 24.1. The van der Waals surface area contributed by atoms with Gasteiger partial charge in [-0.1, -0.05) is 37.0 Å². The van der Waals surface area contributed by atoms with Crippen molar-refractivity contribution in [3.8, 4) is 0 Å². The molecule has 0 aliphatic rings. The smallest absolute Gasteiger partial charge is 0.324 e. The van der Waals surface area contributed by atoms with Crippen LogP contribution in [-0.2, 0) is 19.6 Å². The highest BCUT2D eigenvalue weighted by atomic mass is 35.5. The molecule has 2 N–H and O–H groups in total. The Hall–Kier alpha value is -2.13. The quantitative estimate of drug-likeness (QED) is 0.615. The topological polar surface area (TPSA) is 102 Å². The van der Waals surface area contributed by atoms with Crippen molar-refractivity contribution >= 4 is 50.8 Å². The number of esters is 1. The Balaban J connectivity index is 2.16. The Kier molecular flexibility index (Phi) is 7.65. The largest absolute Gasteiger partial charge is 0.468 e. The first kappa shape index (κ1) is 23.2. The van der Waals surface area contributed by atoms with E-state index >= 15 is 0 Å². The van der Waals surface area contributed by atoms with E-state index in [-0.39, 0.29) is 21.4 Å². The normalized spacial score (nSPS) is 12.5. The van der Waals surface area contributed by atoms with E-state index in [4.69, 9.17) is 23.2 Å². The summed E-state index contributed by atoms with van der Waals surface area (Å²) in [5.41, 5.74) is 0.598. The molecule has 7 nitrogen and oxygen atoms in total. The third-order valence-corrected chi connectivity index (χ3v) is 6.01. The number of carbonyl (C=O) groups is 2. The van der Waals surface area contributed by atoms with Crippen LogP contribution in [-0.4, -0.2) is 33.4 Å². The minimum Gasteiger partial charge on any atom is -0.468 e. The van der Waals surface area contributed by atoms with E-state index in [2.05, 4.69) is 14.8 Å². The Morgan fingerprint density at radius 2 is 1.66 bits per heavy atom. The Morgan fingerprint density at radius 1 is 1.03 bits per heavy atom. The van der Waals surface area contributed by atoms with E-state index in [9.17, 15) is 18.0 Å². The molecule has 0 unspecified atom stereocenters. The summed E-state index contributed by atoms with van der Waals surface area (Å²) in [5.74, 6) is -1.45. The Morgan fingerprint density at radius 3 is 2.17 bits per heavy atom. The third-order valence-electron chi connectivity index (χ3n) is 4.00. The molecule has 0 aliphatic heterocycles. The van der Waals surface area contributed by atoms with Gasteiger partial charge in [-0.2, -0.15) is 4.72 Å². The lowest BCUT2D eigenvalue weighted by Gasteiger charge is -2.19. The molecule has 10 heteroatoms. The van der Waals surface area contributed by atoms with Crippen molar-refractivity contribution in [1.29, 1.82) is 0 Å². The van der Waals surface area contributed by atoms with Crippen LogP contribution in [0.1, 0.15) is 24.2 Å². The first-order valence-corrected chi connectivity index (χ1v) is 10.8. The van der Waals surface area contributed by atoms with Gasteiger partial charge in [0, 0.05) is 10.7 Å². The zero-order chi connectivity index (χ0) is 21.8. The molecule has 0 saturated heterocycles. The fourth-order valence-electron chi connectivity index (χ4n) is 2.41. The summed E-state index contributed by atoms with van der Waals surface area (Å²) in [5, 5.41) is 3.23. The number of sulfonamides is 1. The van der Waals surface area contributed by atoms with Gasteiger partial charge in [0.05, 0.1) is 22.6 Å². The Labute approximate surface area is 179 Å². The highest BCUT2D eigenvalue weighted by molar-refractivity contribution is 7.89. The molecule has 0 bridgehead atoms. The number of hydrogen-bond acceptors (Lipinski definition) is 5. The van der Waals surface area contributed by atoms with Gasteiger partial charge in [0.15, 0.2) is 0 Å². The second-order valence-electron chi connectivity index (χ2n) is 6.47. The molecule has 0 aliphatic carbocycles. The first-order chi connectivity index (χ1) is 13.5. The third kappa shape index (κ3) is 5.93. The van der Waals surface area contributed by atoms with Crippen molar-refractivity contribution < 1.29 is 22.7 Å². The van der Waals surface area contributed by atoms with Gasteiger partial charge in [-0.3, -0.25) is 9.59 Å². The van der Waals surface area contributed by atoms with Crippen molar-refractivity contribution in [3.05, 3.63) is 58.1 Å². The highest BCUT2D eigenvalue weighted by Crippen LogP contribution is 2.23. The van der Waals surface area contributed by atoms with E-state index in [0.29, 0.717) is 10.7 Å². The lowest BCUT2D eigenvalue weighted by molar-refractivity contribution is -0.143. The molecule has 1 amide bonds. The molecule has 0 fully saturated rings. The van der Waals surface area contributed by atoms with E-state index < -0.39 is 27.9 Å². The van der Waals surface area contributed by atoms with Crippen molar-refractivity contribution in [2.75, 3.05) is 12.4 Å². The number of benzene rings is 2. The molecular formula is C19H20Cl2N2O5S.